The molecular weight excluding hydrogens is 304 g/mol. The van der Waals surface area contributed by atoms with Crippen molar-refractivity contribution >= 4 is 27.5 Å². The molecule has 0 unspecified atom stereocenters. The lowest BCUT2D eigenvalue weighted by Crippen LogP contribution is -2.26. The lowest BCUT2D eigenvalue weighted by Gasteiger charge is -2.09. The van der Waals surface area contributed by atoms with Gasteiger partial charge in [0.15, 0.2) is 0 Å². The van der Waals surface area contributed by atoms with E-state index in [4.69, 9.17) is 5.73 Å². The SMILES string of the molecule is Cc1ccc(S(=O)(=O)NCCSc2ccccc2)c(N)c1. The summed E-state index contributed by atoms with van der Waals surface area (Å²) in [6.07, 6.45) is 0. The standard InChI is InChI=1S/C15H18N2O2S2/c1-12-7-8-15(14(16)11-12)21(18,19)17-9-10-20-13-5-3-2-4-6-13/h2-8,11,17H,9-10,16H2,1H3. The summed E-state index contributed by atoms with van der Waals surface area (Å²) < 4.78 is 26.9. The summed E-state index contributed by atoms with van der Waals surface area (Å²) in [6, 6.07) is 14.8. The Balaban J connectivity index is 1.92. The number of nitrogens with two attached hydrogens (primary N) is 1. The fourth-order valence-electron chi connectivity index (χ4n) is 1.85. The van der Waals surface area contributed by atoms with Gasteiger partial charge in [-0.05, 0) is 36.8 Å². The minimum atomic E-state index is -3.55. The number of benzene rings is 2. The Labute approximate surface area is 129 Å². The first-order chi connectivity index (χ1) is 9.99. The zero-order chi connectivity index (χ0) is 15.3. The molecule has 2 aromatic rings. The third kappa shape index (κ3) is 4.49. The highest BCUT2D eigenvalue weighted by Gasteiger charge is 2.16. The van der Waals surface area contributed by atoms with Crippen LogP contribution in [-0.2, 0) is 10.0 Å². The second-order valence-electron chi connectivity index (χ2n) is 4.60. The molecule has 0 saturated carbocycles. The van der Waals surface area contributed by atoms with E-state index in [9.17, 15) is 8.42 Å². The summed E-state index contributed by atoms with van der Waals surface area (Å²) in [5.41, 5.74) is 6.99. The fourth-order valence-corrected chi connectivity index (χ4v) is 3.91. The number of anilines is 1. The molecule has 3 N–H and O–H groups in total. The van der Waals surface area contributed by atoms with Crippen molar-refractivity contribution in [1.29, 1.82) is 0 Å². The zero-order valence-corrected chi connectivity index (χ0v) is 13.4. The maximum atomic E-state index is 12.2. The number of nitrogen functional groups attached to an aromatic ring is 1. The van der Waals surface area contributed by atoms with Crippen LogP contribution in [-0.4, -0.2) is 20.7 Å². The molecule has 0 atom stereocenters. The van der Waals surface area contributed by atoms with Crippen LogP contribution in [0.15, 0.2) is 58.3 Å². The van der Waals surface area contributed by atoms with E-state index in [0.717, 1.165) is 10.5 Å². The molecule has 112 valence electrons. The summed E-state index contributed by atoms with van der Waals surface area (Å²) in [5, 5.41) is 0. The molecule has 0 aromatic heterocycles. The van der Waals surface area contributed by atoms with Crippen LogP contribution >= 0.6 is 11.8 Å². The van der Waals surface area contributed by atoms with E-state index in [2.05, 4.69) is 4.72 Å². The Hall–Kier alpha value is -1.50. The van der Waals surface area contributed by atoms with Crippen LogP contribution in [0.4, 0.5) is 5.69 Å². The lowest BCUT2D eigenvalue weighted by atomic mass is 10.2. The monoisotopic (exact) mass is 322 g/mol. The summed E-state index contributed by atoms with van der Waals surface area (Å²) >= 11 is 1.60. The Bertz CT molecular complexity index is 701. The second-order valence-corrected chi connectivity index (χ2v) is 7.50. The maximum Gasteiger partial charge on any atom is 0.242 e. The van der Waals surface area contributed by atoms with Crippen molar-refractivity contribution in [3.63, 3.8) is 0 Å². The topological polar surface area (TPSA) is 72.2 Å². The number of nitrogens with one attached hydrogen (secondary N) is 1. The van der Waals surface area contributed by atoms with Crippen molar-refractivity contribution in [2.45, 2.75) is 16.7 Å². The van der Waals surface area contributed by atoms with Gasteiger partial charge in [0.2, 0.25) is 10.0 Å². The molecule has 0 heterocycles. The van der Waals surface area contributed by atoms with Crippen LogP contribution in [0.2, 0.25) is 0 Å². The van der Waals surface area contributed by atoms with Crippen molar-refractivity contribution in [3.8, 4) is 0 Å². The van der Waals surface area contributed by atoms with Gasteiger partial charge < -0.3 is 5.73 Å². The largest absolute Gasteiger partial charge is 0.398 e. The molecular formula is C15H18N2O2S2. The Kier molecular flexibility index (Phi) is 5.27. The Morgan fingerprint density at radius 2 is 1.86 bits per heavy atom. The van der Waals surface area contributed by atoms with E-state index in [1.54, 1.807) is 23.9 Å². The highest BCUT2D eigenvalue weighted by Crippen LogP contribution is 2.20. The number of thioether (sulfide) groups is 1. The van der Waals surface area contributed by atoms with Gasteiger partial charge in [-0.2, -0.15) is 0 Å². The van der Waals surface area contributed by atoms with E-state index < -0.39 is 10.0 Å². The van der Waals surface area contributed by atoms with Crippen molar-refractivity contribution in [3.05, 3.63) is 54.1 Å². The molecule has 2 aromatic carbocycles. The molecule has 0 amide bonds. The molecule has 0 saturated heterocycles. The summed E-state index contributed by atoms with van der Waals surface area (Å²) in [4.78, 5) is 1.25. The third-order valence-corrected chi connectivity index (χ3v) is 5.41. The fraction of sp³-hybridized carbons (Fsp3) is 0.200. The lowest BCUT2D eigenvalue weighted by molar-refractivity contribution is 0.584. The number of rotatable bonds is 6. The zero-order valence-electron chi connectivity index (χ0n) is 11.7. The summed E-state index contributed by atoms with van der Waals surface area (Å²) in [5.74, 6) is 0.662. The van der Waals surface area contributed by atoms with Gasteiger partial charge in [0.1, 0.15) is 4.90 Å². The van der Waals surface area contributed by atoms with E-state index >= 15 is 0 Å². The van der Waals surface area contributed by atoms with Crippen molar-refractivity contribution in [2.75, 3.05) is 18.0 Å². The van der Waals surface area contributed by atoms with Gasteiger partial charge in [-0.15, -0.1) is 11.8 Å². The quantitative estimate of drug-likeness (QED) is 0.487. The molecule has 0 aliphatic carbocycles. The molecule has 2 rings (SSSR count). The molecule has 0 spiro atoms. The van der Waals surface area contributed by atoms with Gasteiger partial charge in [-0.1, -0.05) is 24.3 Å². The molecule has 0 aliphatic rings. The minimum absolute atomic E-state index is 0.137. The van der Waals surface area contributed by atoms with Crippen LogP contribution in [0.25, 0.3) is 0 Å². The van der Waals surface area contributed by atoms with Crippen molar-refractivity contribution in [1.82, 2.24) is 4.72 Å². The molecule has 0 aliphatic heterocycles. The third-order valence-electron chi connectivity index (χ3n) is 2.86. The van der Waals surface area contributed by atoms with Gasteiger partial charge >= 0.3 is 0 Å². The molecule has 6 heteroatoms. The van der Waals surface area contributed by atoms with Gasteiger partial charge in [-0.3, -0.25) is 0 Å². The number of hydrogen-bond donors (Lipinski definition) is 2. The van der Waals surface area contributed by atoms with Crippen LogP contribution in [0, 0.1) is 6.92 Å². The first-order valence-corrected chi connectivity index (χ1v) is 8.99. The van der Waals surface area contributed by atoms with Crippen LogP contribution in [0.1, 0.15) is 5.56 Å². The molecule has 4 nitrogen and oxygen atoms in total. The molecule has 21 heavy (non-hydrogen) atoms. The van der Waals surface area contributed by atoms with Gasteiger partial charge in [0.25, 0.3) is 0 Å². The van der Waals surface area contributed by atoms with Gasteiger partial charge in [0.05, 0.1) is 5.69 Å². The van der Waals surface area contributed by atoms with E-state index in [0.29, 0.717) is 12.3 Å². The average molecular weight is 322 g/mol. The van der Waals surface area contributed by atoms with E-state index in [1.807, 2.05) is 37.3 Å². The Morgan fingerprint density at radius 1 is 1.14 bits per heavy atom. The Morgan fingerprint density at radius 3 is 2.52 bits per heavy atom. The highest BCUT2D eigenvalue weighted by atomic mass is 32.2. The van der Waals surface area contributed by atoms with Gasteiger partial charge in [0, 0.05) is 17.2 Å². The first-order valence-electron chi connectivity index (χ1n) is 6.53. The smallest absolute Gasteiger partial charge is 0.242 e. The highest BCUT2D eigenvalue weighted by molar-refractivity contribution is 7.99. The van der Waals surface area contributed by atoms with Crippen molar-refractivity contribution in [2.24, 2.45) is 0 Å². The normalized spacial score (nSPS) is 11.5. The van der Waals surface area contributed by atoms with Crippen molar-refractivity contribution < 1.29 is 8.42 Å². The summed E-state index contributed by atoms with van der Waals surface area (Å²) in [7, 11) is -3.55. The van der Waals surface area contributed by atoms with Crippen LogP contribution in [0.3, 0.4) is 0 Å². The first kappa shape index (κ1) is 15.9. The van der Waals surface area contributed by atoms with E-state index in [-0.39, 0.29) is 10.6 Å². The summed E-state index contributed by atoms with van der Waals surface area (Å²) in [6.45, 7) is 2.23. The van der Waals surface area contributed by atoms with Crippen LogP contribution < -0.4 is 10.5 Å². The van der Waals surface area contributed by atoms with E-state index in [1.165, 1.54) is 6.07 Å². The maximum absolute atomic E-state index is 12.2. The number of aryl methyl sites for hydroxylation is 1. The molecule has 0 fully saturated rings. The molecule has 0 radical (unpaired) electrons. The predicted octanol–water partition coefficient (Wildman–Crippen LogP) is 2.65. The second kappa shape index (κ2) is 6.98. The average Bonchev–Trinajstić information content (AvgIpc) is 2.44. The van der Waals surface area contributed by atoms with Gasteiger partial charge in [-0.25, -0.2) is 13.1 Å². The molecule has 0 bridgehead atoms. The van der Waals surface area contributed by atoms with Crippen LogP contribution in [0.5, 0.6) is 0 Å². The number of sulfonamides is 1. The predicted molar refractivity (Wildman–Crippen MR) is 87.9 cm³/mol. The number of hydrogen-bond acceptors (Lipinski definition) is 4. The minimum Gasteiger partial charge on any atom is -0.398 e.